The molecule has 11 nitrogen and oxygen atoms in total. The van der Waals surface area contributed by atoms with E-state index in [9.17, 15) is 34.8 Å². The number of hydrogen-bond acceptors (Lipinski definition) is 10. The number of amides is 1. The summed E-state index contributed by atoms with van der Waals surface area (Å²) in [4.78, 5) is 43.4. The minimum Gasteiger partial charge on any atom is -0.508 e. The number of primary amides is 1. The zero-order valence-electron chi connectivity index (χ0n) is 30.3. The molecule has 0 aliphatic heterocycles. The van der Waals surface area contributed by atoms with Gasteiger partial charge >= 0.3 is 0 Å². The zero-order valence-corrected chi connectivity index (χ0v) is 30.3. The Hall–Kier alpha value is -4.87. The Bertz CT molecular complexity index is 2050. The minimum absolute atomic E-state index is 0.0234. The molecule has 11 heteroatoms. The second kappa shape index (κ2) is 13.0. The standard InChI is InChI=1S/C41H47N3O8/c1-20-8-6-7-9-25(20)22-12-10-21(11-13-22)16-24-14-15-30(52-24)27-19-29(43(2)3)26-17-23-18-28-34(44(4)5)37(47)33(40(42)50)39(49)41(28,51)38(48)31(23)36(46)32(26)35(27)45/h6-9,14-15,19,21-23,28,34,45-46,49,51H,10-13,16-18H2,1-5H3,(H2,42,50)/t21?,22?,23-,28-,34?,41-/m1/s1. The van der Waals surface area contributed by atoms with Gasteiger partial charge in [0, 0.05) is 37.7 Å². The highest BCUT2D eigenvalue weighted by Crippen LogP contribution is 2.55. The Morgan fingerprint density at radius 3 is 2.31 bits per heavy atom. The van der Waals surface area contributed by atoms with Gasteiger partial charge in [0.25, 0.3) is 5.91 Å². The van der Waals surface area contributed by atoms with Crippen LogP contribution in [-0.2, 0) is 27.2 Å². The van der Waals surface area contributed by atoms with E-state index in [1.54, 1.807) is 20.2 Å². The fraction of sp³-hybridized carbons (Fsp3) is 0.439. The first-order valence-electron chi connectivity index (χ1n) is 18.0. The lowest BCUT2D eigenvalue weighted by atomic mass is 9.57. The number of likely N-dealkylation sites (N-methyl/N-ethyl adjacent to an activating group) is 1. The topological polar surface area (TPSA) is 178 Å². The number of anilines is 1. The lowest BCUT2D eigenvalue weighted by Crippen LogP contribution is -2.65. The van der Waals surface area contributed by atoms with Crippen LogP contribution < -0.4 is 10.6 Å². The number of aryl methyl sites for hydroxylation is 1. The summed E-state index contributed by atoms with van der Waals surface area (Å²) < 4.78 is 6.35. The van der Waals surface area contributed by atoms with Crippen molar-refractivity contribution in [3.05, 3.63) is 87.4 Å². The van der Waals surface area contributed by atoms with Gasteiger partial charge in [0.15, 0.2) is 11.4 Å². The van der Waals surface area contributed by atoms with E-state index in [1.807, 2.05) is 31.1 Å². The first-order chi connectivity index (χ1) is 24.6. The molecular weight excluding hydrogens is 662 g/mol. The molecule has 4 atom stereocenters. The van der Waals surface area contributed by atoms with Gasteiger partial charge in [-0.15, -0.1) is 0 Å². The molecule has 1 heterocycles. The molecule has 0 spiro atoms. The number of ketones is 2. The second-order valence-electron chi connectivity index (χ2n) is 15.5. The minimum atomic E-state index is -2.70. The predicted molar refractivity (Wildman–Crippen MR) is 196 cm³/mol. The van der Waals surface area contributed by atoms with E-state index in [4.69, 9.17) is 10.2 Å². The number of nitrogens with zero attached hydrogens (tertiary/aromatic N) is 2. The maximum absolute atomic E-state index is 14.3. The molecule has 52 heavy (non-hydrogen) atoms. The van der Waals surface area contributed by atoms with Crippen LogP contribution in [0.3, 0.4) is 0 Å². The van der Waals surface area contributed by atoms with Gasteiger partial charge in [0.05, 0.1) is 17.2 Å². The molecule has 2 fully saturated rings. The summed E-state index contributed by atoms with van der Waals surface area (Å²) >= 11 is 0. The maximum Gasteiger partial charge on any atom is 0.255 e. The Kier molecular flexibility index (Phi) is 8.86. The van der Waals surface area contributed by atoms with Crippen LogP contribution in [0.25, 0.3) is 17.1 Å². The number of rotatable bonds is 7. The van der Waals surface area contributed by atoms with Crippen molar-refractivity contribution in [2.45, 2.75) is 69.4 Å². The Balaban J connectivity index is 1.23. The highest BCUT2D eigenvalue weighted by molar-refractivity contribution is 6.24. The molecular formula is C41H47N3O8. The molecule has 1 unspecified atom stereocenters. The van der Waals surface area contributed by atoms with Crippen molar-refractivity contribution >= 4 is 28.9 Å². The van der Waals surface area contributed by atoms with E-state index in [1.165, 1.54) is 16.0 Å². The molecule has 6 N–H and O–H groups in total. The number of benzene rings is 2. The zero-order chi connectivity index (χ0) is 37.4. The van der Waals surface area contributed by atoms with Gasteiger partial charge in [-0.05, 0) is 112 Å². The van der Waals surface area contributed by atoms with Crippen LogP contribution in [0.15, 0.2) is 63.8 Å². The lowest BCUT2D eigenvalue weighted by Gasteiger charge is -2.50. The maximum atomic E-state index is 14.3. The van der Waals surface area contributed by atoms with Gasteiger partial charge in [-0.3, -0.25) is 19.3 Å². The van der Waals surface area contributed by atoms with E-state index in [2.05, 4.69) is 31.2 Å². The number of furan rings is 1. The fourth-order valence-electron chi connectivity index (χ4n) is 9.52. The molecule has 1 amide bonds. The number of aliphatic hydroxyl groups excluding tert-OH is 2. The molecule has 0 saturated heterocycles. The average molecular weight is 710 g/mol. The molecule has 0 bridgehead atoms. The molecule has 4 aliphatic carbocycles. The Labute approximate surface area is 303 Å². The number of phenols is 1. The van der Waals surface area contributed by atoms with E-state index in [0.717, 1.165) is 37.9 Å². The molecule has 274 valence electrons. The number of hydrogen-bond donors (Lipinski definition) is 5. The summed E-state index contributed by atoms with van der Waals surface area (Å²) in [5, 5.41) is 46.9. The van der Waals surface area contributed by atoms with Crippen molar-refractivity contribution in [1.29, 1.82) is 0 Å². The molecule has 4 aliphatic rings. The highest BCUT2D eigenvalue weighted by Gasteiger charge is 2.64. The second-order valence-corrected chi connectivity index (χ2v) is 15.5. The van der Waals surface area contributed by atoms with Crippen LogP contribution in [0, 0.1) is 24.7 Å². The van der Waals surface area contributed by atoms with Crippen LogP contribution in [0.2, 0.25) is 0 Å². The number of carbonyl (C=O) groups excluding carboxylic acids is 3. The van der Waals surface area contributed by atoms with Gasteiger partial charge in [-0.1, -0.05) is 24.3 Å². The van der Waals surface area contributed by atoms with Crippen molar-refractivity contribution in [3.63, 3.8) is 0 Å². The first-order valence-corrected chi connectivity index (χ1v) is 18.0. The van der Waals surface area contributed by atoms with Crippen molar-refractivity contribution in [2.75, 3.05) is 33.1 Å². The summed E-state index contributed by atoms with van der Waals surface area (Å²) in [6.45, 7) is 2.17. The van der Waals surface area contributed by atoms with E-state index < -0.39 is 58.0 Å². The van der Waals surface area contributed by atoms with Crippen molar-refractivity contribution in [1.82, 2.24) is 4.90 Å². The molecule has 7 rings (SSSR count). The largest absolute Gasteiger partial charge is 0.508 e. The summed E-state index contributed by atoms with van der Waals surface area (Å²) in [6.07, 6.45) is 5.40. The summed E-state index contributed by atoms with van der Waals surface area (Å²) in [7, 11) is 6.84. The lowest BCUT2D eigenvalue weighted by molar-refractivity contribution is -0.153. The Morgan fingerprint density at radius 2 is 1.67 bits per heavy atom. The summed E-state index contributed by atoms with van der Waals surface area (Å²) in [5.41, 5.74) is 6.15. The molecule has 1 aromatic heterocycles. The number of fused-ring (bicyclic) bond motifs is 3. The third kappa shape index (κ3) is 5.44. The quantitative estimate of drug-likeness (QED) is 0.207. The van der Waals surface area contributed by atoms with Gasteiger partial charge in [0.2, 0.25) is 5.78 Å². The number of nitrogens with two attached hydrogens (primary N) is 1. The van der Waals surface area contributed by atoms with Crippen molar-refractivity contribution < 1.29 is 39.2 Å². The fourth-order valence-corrected chi connectivity index (χ4v) is 9.52. The SMILES string of the molecule is Cc1ccccc1C1CCC(Cc2ccc(-c3cc(N(C)C)c4c(c3O)C(O)=C3C(=O)[C@@]5(O)C(O)=C(C(N)=O)C(=O)C(N(C)C)[C@H]5C[C@H]3C4)o2)CC1. The molecule has 3 aromatic rings. The monoisotopic (exact) mass is 709 g/mol. The summed E-state index contributed by atoms with van der Waals surface area (Å²) in [6, 6.07) is 13.0. The number of carbonyl (C=O) groups is 3. The smallest absolute Gasteiger partial charge is 0.255 e. The van der Waals surface area contributed by atoms with Crippen molar-refractivity contribution in [2.24, 2.45) is 23.5 Å². The third-order valence-corrected chi connectivity index (χ3v) is 12.1. The molecule has 2 saturated carbocycles. The van der Waals surface area contributed by atoms with Crippen LogP contribution in [0.5, 0.6) is 5.75 Å². The van der Waals surface area contributed by atoms with Gasteiger partial charge in [-0.25, -0.2) is 0 Å². The van der Waals surface area contributed by atoms with Gasteiger partial charge in [-0.2, -0.15) is 0 Å². The van der Waals surface area contributed by atoms with E-state index in [-0.39, 0.29) is 29.7 Å². The predicted octanol–water partition coefficient (Wildman–Crippen LogP) is 5.11. The van der Waals surface area contributed by atoms with Crippen LogP contribution in [0.1, 0.15) is 66.0 Å². The Morgan fingerprint density at radius 1 is 0.981 bits per heavy atom. The molecule has 2 aromatic carbocycles. The number of aromatic hydroxyl groups is 1. The van der Waals surface area contributed by atoms with Crippen LogP contribution in [0.4, 0.5) is 5.69 Å². The summed E-state index contributed by atoms with van der Waals surface area (Å²) in [5.74, 6) is -4.58. The van der Waals surface area contributed by atoms with Gasteiger partial charge in [0.1, 0.15) is 34.4 Å². The van der Waals surface area contributed by atoms with Crippen LogP contribution in [-0.4, -0.2) is 82.6 Å². The third-order valence-electron chi connectivity index (χ3n) is 12.1. The highest BCUT2D eigenvalue weighted by atomic mass is 16.4. The van der Waals surface area contributed by atoms with E-state index in [0.29, 0.717) is 34.4 Å². The first kappa shape index (κ1) is 35.5. The number of aliphatic hydroxyl groups is 3. The number of Topliss-reactive ketones (excluding diaryl/α,β-unsaturated/α-hetero) is 2. The average Bonchev–Trinajstić information content (AvgIpc) is 3.54. The van der Waals surface area contributed by atoms with Gasteiger partial charge < -0.3 is 35.5 Å². The molecule has 0 radical (unpaired) electrons. The van der Waals surface area contributed by atoms with E-state index >= 15 is 0 Å². The normalized spacial score (nSPS) is 27.4. The number of phenolic OH excluding ortho intramolecular Hbond substituents is 1. The van der Waals surface area contributed by atoms with Crippen molar-refractivity contribution in [3.8, 4) is 17.1 Å². The van der Waals surface area contributed by atoms with Crippen LogP contribution >= 0.6 is 0 Å².